The van der Waals surface area contributed by atoms with E-state index in [9.17, 15) is 10.2 Å². The van der Waals surface area contributed by atoms with Crippen molar-refractivity contribution in [1.29, 1.82) is 0 Å². The maximum Gasteiger partial charge on any atom is 0.0762 e. The summed E-state index contributed by atoms with van der Waals surface area (Å²) in [5, 5.41) is 19.3. The molecule has 0 fully saturated rings. The summed E-state index contributed by atoms with van der Waals surface area (Å²) in [6.07, 6.45) is -0.925. The molecular weight excluding hydrogens is 226 g/mol. The van der Waals surface area contributed by atoms with Crippen LogP contribution >= 0.6 is 11.6 Å². The molecule has 3 nitrogen and oxygen atoms in total. The molecule has 4 heteroatoms. The Labute approximate surface area is 101 Å². The Balaban J connectivity index is 2.90. The van der Waals surface area contributed by atoms with Gasteiger partial charge in [-0.2, -0.15) is 0 Å². The quantitative estimate of drug-likeness (QED) is 0.852. The largest absolute Gasteiger partial charge is 0.392 e. The number of likely N-dealkylation sites (N-methyl/N-ethyl adjacent to an activating group) is 1. The van der Waals surface area contributed by atoms with Crippen molar-refractivity contribution in [3.8, 4) is 0 Å². The van der Waals surface area contributed by atoms with Crippen molar-refractivity contribution in [2.75, 3.05) is 18.5 Å². The third-order valence-electron chi connectivity index (χ3n) is 2.40. The number of aliphatic hydroxyl groups excluding tert-OH is 2. The first-order chi connectivity index (χ1) is 7.41. The molecule has 90 valence electrons. The summed E-state index contributed by atoms with van der Waals surface area (Å²) in [5.41, 5.74) is 1.64. The highest BCUT2D eigenvalue weighted by Crippen LogP contribution is 2.28. The summed E-state index contributed by atoms with van der Waals surface area (Å²) in [5.74, 6) is 0. The second-order valence-corrected chi connectivity index (χ2v) is 4.52. The molecule has 2 atom stereocenters. The zero-order chi connectivity index (χ0) is 12.3. The third kappa shape index (κ3) is 3.37. The van der Waals surface area contributed by atoms with Crippen molar-refractivity contribution < 1.29 is 10.2 Å². The van der Waals surface area contributed by atoms with Gasteiger partial charge in [0.1, 0.15) is 0 Å². The lowest BCUT2D eigenvalue weighted by Crippen LogP contribution is -2.27. The lowest BCUT2D eigenvalue weighted by Gasteiger charge is -2.22. The summed E-state index contributed by atoms with van der Waals surface area (Å²) < 4.78 is 0. The fourth-order valence-corrected chi connectivity index (χ4v) is 1.92. The van der Waals surface area contributed by atoms with Crippen molar-refractivity contribution in [2.24, 2.45) is 0 Å². The smallest absolute Gasteiger partial charge is 0.0762 e. The van der Waals surface area contributed by atoms with Crippen molar-refractivity contribution in [3.05, 3.63) is 28.8 Å². The average Bonchev–Trinajstić information content (AvgIpc) is 2.15. The van der Waals surface area contributed by atoms with Gasteiger partial charge in [0.15, 0.2) is 0 Å². The van der Waals surface area contributed by atoms with Gasteiger partial charge in [0.2, 0.25) is 0 Å². The molecule has 0 amide bonds. The SMILES string of the molecule is CC(O)CN(C)c1ccc([C@H](C)O)cc1Cl. The maximum absolute atomic E-state index is 9.41. The van der Waals surface area contributed by atoms with Crippen LogP contribution in [0.3, 0.4) is 0 Å². The molecular formula is C12H18ClNO2. The Morgan fingerprint density at radius 3 is 2.38 bits per heavy atom. The van der Waals surface area contributed by atoms with Crippen molar-refractivity contribution >= 4 is 17.3 Å². The van der Waals surface area contributed by atoms with Crippen LogP contribution in [0, 0.1) is 0 Å². The molecule has 0 saturated heterocycles. The number of hydrogen-bond donors (Lipinski definition) is 2. The number of hydrogen-bond acceptors (Lipinski definition) is 3. The second-order valence-electron chi connectivity index (χ2n) is 4.12. The molecule has 0 spiro atoms. The Morgan fingerprint density at radius 2 is 1.94 bits per heavy atom. The number of nitrogens with zero attached hydrogens (tertiary/aromatic N) is 1. The molecule has 0 radical (unpaired) electrons. The summed E-state index contributed by atoms with van der Waals surface area (Å²) in [4.78, 5) is 1.89. The Morgan fingerprint density at radius 1 is 1.31 bits per heavy atom. The van der Waals surface area contributed by atoms with Gasteiger partial charge in [-0.3, -0.25) is 0 Å². The molecule has 1 aromatic rings. The summed E-state index contributed by atoms with van der Waals surface area (Å²) in [6.45, 7) is 3.95. The van der Waals surface area contributed by atoms with Gasteiger partial charge in [-0.05, 0) is 31.5 Å². The van der Waals surface area contributed by atoms with Crippen LogP contribution < -0.4 is 4.90 Å². The predicted octanol–water partition coefficient (Wildman–Crippen LogP) is 2.21. The molecule has 0 bridgehead atoms. The van der Waals surface area contributed by atoms with Gasteiger partial charge in [0.25, 0.3) is 0 Å². The van der Waals surface area contributed by atoms with Crippen LogP contribution in [0.25, 0.3) is 0 Å². The molecule has 16 heavy (non-hydrogen) atoms. The fraction of sp³-hybridized carbons (Fsp3) is 0.500. The van der Waals surface area contributed by atoms with Crippen LogP contribution in [-0.4, -0.2) is 29.9 Å². The Bertz CT molecular complexity index is 353. The lowest BCUT2D eigenvalue weighted by atomic mass is 10.1. The van der Waals surface area contributed by atoms with Gasteiger partial charge < -0.3 is 15.1 Å². The van der Waals surface area contributed by atoms with Gasteiger partial charge >= 0.3 is 0 Å². The van der Waals surface area contributed by atoms with Gasteiger partial charge in [0, 0.05) is 13.6 Å². The van der Waals surface area contributed by atoms with E-state index in [0.717, 1.165) is 11.3 Å². The standard InChI is InChI=1S/C12H18ClNO2/c1-8(15)7-14(3)12-5-4-10(9(2)16)6-11(12)13/h4-6,8-9,15-16H,7H2,1-3H3/t8?,9-/m0/s1. The molecule has 0 heterocycles. The van der Waals surface area contributed by atoms with Gasteiger partial charge in [0.05, 0.1) is 22.9 Å². The first kappa shape index (κ1) is 13.3. The van der Waals surface area contributed by atoms with Crippen molar-refractivity contribution in [2.45, 2.75) is 26.1 Å². The van der Waals surface area contributed by atoms with E-state index < -0.39 is 12.2 Å². The van der Waals surface area contributed by atoms with E-state index in [2.05, 4.69) is 0 Å². The number of halogens is 1. The molecule has 0 aliphatic heterocycles. The first-order valence-corrected chi connectivity index (χ1v) is 5.66. The molecule has 1 aromatic carbocycles. The molecule has 1 unspecified atom stereocenters. The maximum atomic E-state index is 9.41. The minimum Gasteiger partial charge on any atom is -0.392 e. The number of anilines is 1. The van der Waals surface area contributed by atoms with E-state index in [-0.39, 0.29) is 0 Å². The normalized spacial score (nSPS) is 14.6. The highest BCUT2D eigenvalue weighted by Gasteiger charge is 2.10. The van der Waals surface area contributed by atoms with E-state index in [1.807, 2.05) is 24.1 Å². The van der Waals surface area contributed by atoms with Crippen LogP contribution in [0.15, 0.2) is 18.2 Å². The Kier molecular flexibility index (Phi) is 4.59. The molecule has 1 rings (SSSR count). The minimum absolute atomic E-state index is 0.405. The topological polar surface area (TPSA) is 43.7 Å². The highest BCUT2D eigenvalue weighted by molar-refractivity contribution is 6.33. The summed E-state index contributed by atoms with van der Waals surface area (Å²) >= 11 is 6.12. The summed E-state index contributed by atoms with van der Waals surface area (Å²) in [6, 6.07) is 5.44. The highest BCUT2D eigenvalue weighted by atomic mass is 35.5. The van der Waals surface area contributed by atoms with Crippen LogP contribution in [0.2, 0.25) is 5.02 Å². The van der Waals surface area contributed by atoms with E-state index in [1.54, 1.807) is 19.9 Å². The first-order valence-electron chi connectivity index (χ1n) is 5.28. The zero-order valence-electron chi connectivity index (χ0n) is 9.81. The molecule has 0 aliphatic rings. The molecule has 2 N–H and O–H groups in total. The monoisotopic (exact) mass is 243 g/mol. The molecule has 0 aliphatic carbocycles. The third-order valence-corrected chi connectivity index (χ3v) is 2.71. The molecule has 0 saturated carbocycles. The van der Waals surface area contributed by atoms with Crippen molar-refractivity contribution in [3.63, 3.8) is 0 Å². The van der Waals surface area contributed by atoms with Gasteiger partial charge in [-0.25, -0.2) is 0 Å². The number of rotatable bonds is 4. The van der Waals surface area contributed by atoms with E-state index in [4.69, 9.17) is 11.6 Å². The average molecular weight is 244 g/mol. The van der Waals surface area contributed by atoms with Gasteiger partial charge in [-0.15, -0.1) is 0 Å². The Hall–Kier alpha value is -0.770. The van der Waals surface area contributed by atoms with Crippen LogP contribution in [0.5, 0.6) is 0 Å². The van der Waals surface area contributed by atoms with E-state index in [0.29, 0.717) is 11.6 Å². The van der Waals surface area contributed by atoms with E-state index >= 15 is 0 Å². The zero-order valence-corrected chi connectivity index (χ0v) is 10.6. The van der Waals surface area contributed by atoms with Gasteiger partial charge in [-0.1, -0.05) is 17.7 Å². The lowest BCUT2D eigenvalue weighted by molar-refractivity contribution is 0.199. The summed E-state index contributed by atoms with van der Waals surface area (Å²) in [7, 11) is 1.87. The predicted molar refractivity (Wildman–Crippen MR) is 67.0 cm³/mol. The number of aliphatic hydroxyl groups is 2. The minimum atomic E-state index is -0.520. The van der Waals surface area contributed by atoms with Crippen molar-refractivity contribution in [1.82, 2.24) is 0 Å². The second kappa shape index (κ2) is 5.53. The van der Waals surface area contributed by atoms with Crippen LogP contribution in [-0.2, 0) is 0 Å². The molecule has 0 aromatic heterocycles. The number of benzene rings is 1. The van der Waals surface area contributed by atoms with Crippen LogP contribution in [0.4, 0.5) is 5.69 Å². The van der Waals surface area contributed by atoms with E-state index in [1.165, 1.54) is 0 Å². The fourth-order valence-electron chi connectivity index (χ4n) is 1.59. The van der Waals surface area contributed by atoms with Crippen LogP contribution in [0.1, 0.15) is 25.5 Å².